The first-order valence-electron chi connectivity index (χ1n) is 8.90. The molecule has 0 radical (unpaired) electrons. The topological polar surface area (TPSA) is 32.8 Å². The van der Waals surface area contributed by atoms with Crippen LogP contribution >= 0.6 is 15.9 Å². The van der Waals surface area contributed by atoms with Crippen LogP contribution in [0.1, 0.15) is 24.4 Å². The molecule has 0 N–H and O–H groups in total. The highest BCUT2D eigenvalue weighted by atomic mass is 79.9. The summed E-state index contributed by atoms with van der Waals surface area (Å²) in [6.07, 6.45) is -3.18. The van der Waals surface area contributed by atoms with Crippen molar-refractivity contribution in [2.24, 2.45) is 0 Å². The third-order valence-electron chi connectivity index (χ3n) is 4.42. The van der Waals surface area contributed by atoms with Gasteiger partial charge in [0.2, 0.25) is 0 Å². The molecule has 27 heavy (non-hydrogen) atoms. The minimum atomic E-state index is -4.56. The number of carbonyl (C=O) groups is 1. The lowest BCUT2D eigenvalue weighted by Gasteiger charge is -2.39. The Bertz CT molecular complexity index is 641. The molecule has 0 saturated carbocycles. The Labute approximate surface area is 167 Å². The lowest BCUT2D eigenvalue weighted by Crippen LogP contribution is -2.50. The van der Waals surface area contributed by atoms with Gasteiger partial charge in [-0.15, -0.1) is 0 Å². The van der Waals surface area contributed by atoms with Crippen LogP contribution in [0, 0.1) is 0 Å². The largest absolute Gasteiger partial charge is 0.415 e. The van der Waals surface area contributed by atoms with Gasteiger partial charge in [-0.1, -0.05) is 28.1 Å². The predicted octanol–water partition coefficient (Wildman–Crippen LogP) is 5.42. The van der Waals surface area contributed by atoms with Gasteiger partial charge in [0.1, 0.15) is 0 Å². The van der Waals surface area contributed by atoms with Crippen molar-refractivity contribution in [1.82, 2.24) is 9.80 Å². The Hall–Kier alpha value is -1.06. The number of amides is 2. The summed E-state index contributed by atoms with van der Waals surface area (Å²) in [7, 11) is -0.458. The van der Waals surface area contributed by atoms with Crippen molar-refractivity contribution in [1.29, 1.82) is 0 Å². The average Bonchev–Trinajstić information content (AvgIpc) is 2.54. The normalized spacial score (nSPS) is 17.7. The van der Waals surface area contributed by atoms with Crippen LogP contribution in [0.3, 0.4) is 0 Å². The number of hydrogen-bond donors (Lipinski definition) is 0. The second kappa shape index (κ2) is 8.53. The van der Waals surface area contributed by atoms with Crippen LogP contribution in [0.25, 0.3) is 0 Å². The van der Waals surface area contributed by atoms with Crippen molar-refractivity contribution in [3.05, 3.63) is 34.3 Å². The van der Waals surface area contributed by atoms with E-state index in [2.05, 4.69) is 35.6 Å². The Morgan fingerprint density at radius 1 is 1.22 bits per heavy atom. The quantitative estimate of drug-likeness (QED) is 0.554. The third kappa shape index (κ3) is 6.22. The lowest BCUT2D eigenvalue weighted by molar-refractivity contribution is -0.177. The van der Waals surface area contributed by atoms with Gasteiger partial charge in [0.15, 0.2) is 14.4 Å². The molecular weight excluding hydrogens is 441 g/mol. The Balaban J connectivity index is 2.09. The van der Waals surface area contributed by atoms with Gasteiger partial charge in [0.05, 0.1) is 0 Å². The number of piperidine rings is 1. The molecule has 0 unspecified atom stereocenters. The second-order valence-corrected chi connectivity index (χ2v) is 13.2. The highest BCUT2D eigenvalue weighted by molar-refractivity contribution is 9.10. The van der Waals surface area contributed by atoms with Crippen molar-refractivity contribution in [2.45, 2.75) is 50.8 Å². The van der Waals surface area contributed by atoms with Crippen LogP contribution < -0.4 is 0 Å². The smallest absolute Gasteiger partial charge is 0.413 e. The van der Waals surface area contributed by atoms with E-state index in [4.69, 9.17) is 4.43 Å². The molecule has 1 aliphatic heterocycles. The summed E-state index contributed by atoms with van der Waals surface area (Å²) in [5.74, 6) is 0. The third-order valence-corrected chi connectivity index (χ3v) is 5.99. The van der Waals surface area contributed by atoms with Crippen molar-refractivity contribution < 1.29 is 22.4 Å². The molecule has 0 aliphatic carbocycles. The van der Waals surface area contributed by atoms with Crippen molar-refractivity contribution in [3.8, 4) is 0 Å². The van der Waals surface area contributed by atoms with Gasteiger partial charge >= 0.3 is 12.2 Å². The zero-order valence-corrected chi connectivity index (χ0v) is 18.6. The monoisotopic (exact) mass is 466 g/mol. The number of carbonyl (C=O) groups excluding carboxylic acids is 1. The predicted molar refractivity (Wildman–Crippen MR) is 105 cm³/mol. The summed E-state index contributed by atoms with van der Waals surface area (Å²) in [6, 6.07) is 3.29. The van der Waals surface area contributed by atoms with E-state index in [-0.39, 0.29) is 11.7 Å². The molecule has 1 fully saturated rings. The maximum Gasteiger partial charge on any atom is 0.413 e. The summed E-state index contributed by atoms with van der Waals surface area (Å²) in [5, 5.41) is 0. The fourth-order valence-corrected chi connectivity index (χ4v) is 4.78. The highest BCUT2D eigenvalue weighted by Crippen LogP contribution is 2.38. The van der Waals surface area contributed by atoms with E-state index in [1.165, 1.54) is 24.1 Å². The molecule has 2 amide bonds. The fourth-order valence-electron chi connectivity index (χ4n) is 3.28. The number of benzene rings is 1. The molecule has 0 aromatic heterocycles. The van der Waals surface area contributed by atoms with Crippen molar-refractivity contribution >= 4 is 30.3 Å². The van der Waals surface area contributed by atoms with Gasteiger partial charge in [-0.05, 0) is 50.2 Å². The molecule has 1 heterocycles. The summed E-state index contributed by atoms with van der Waals surface area (Å²) < 4.78 is 47.8. The molecule has 1 aromatic rings. The average molecular weight is 467 g/mol. The van der Waals surface area contributed by atoms with E-state index >= 15 is 0 Å². The van der Waals surface area contributed by atoms with Crippen LogP contribution in [0.2, 0.25) is 19.6 Å². The highest BCUT2D eigenvalue weighted by Gasteiger charge is 2.46. The number of halogens is 4. The van der Waals surface area contributed by atoms with Gasteiger partial charge in [0.25, 0.3) is 0 Å². The summed E-state index contributed by atoms with van der Waals surface area (Å²) >= 11 is 3.22. The van der Waals surface area contributed by atoms with E-state index in [9.17, 15) is 18.0 Å². The van der Waals surface area contributed by atoms with E-state index < -0.39 is 26.6 Å². The van der Waals surface area contributed by atoms with Crippen molar-refractivity contribution in [2.75, 3.05) is 20.1 Å². The SMILES string of the molecule is CN(C(=O)N1CCC(O[Si](C)(C)C)CC1)[C@@H](c1ccc(Br)cc1)C(F)(F)F. The maximum atomic E-state index is 13.7. The Morgan fingerprint density at radius 2 is 1.74 bits per heavy atom. The number of alkyl halides is 3. The molecular formula is C18H26BrF3N2O2Si. The molecule has 152 valence electrons. The first-order chi connectivity index (χ1) is 12.4. The zero-order chi connectivity index (χ0) is 20.4. The Kier molecular flexibility index (Phi) is 7.02. The molecule has 9 heteroatoms. The first-order valence-corrected chi connectivity index (χ1v) is 13.1. The number of likely N-dealkylation sites (tertiary alicyclic amines) is 1. The number of rotatable bonds is 4. The van der Waals surface area contributed by atoms with Gasteiger partial charge in [-0.3, -0.25) is 0 Å². The molecule has 1 aliphatic rings. The zero-order valence-electron chi connectivity index (χ0n) is 16.0. The van der Waals surface area contributed by atoms with Gasteiger partial charge in [-0.2, -0.15) is 13.2 Å². The molecule has 2 rings (SSSR count). The van der Waals surface area contributed by atoms with Crippen LogP contribution in [0.4, 0.5) is 18.0 Å². The summed E-state index contributed by atoms with van der Waals surface area (Å²) in [4.78, 5) is 15.0. The van der Waals surface area contributed by atoms with Gasteiger partial charge < -0.3 is 14.2 Å². The van der Waals surface area contributed by atoms with Gasteiger partial charge in [0, 0.05) is 30.7 Å². The minimum absolute atomic E-state index is 0.0403. The summed E-state index contributed by atoms with van der Waals surface area (Å²) in [6.45, 7) is 7.12. The fraction of sp³-hybridized carbons (Fsp3) is 0.611. The van der Waals surface area contributed by atoms with Crippen LogP contribution in [-0.4, -0.2) is 56.6 Å². The maximum absolute atomic E-state index is 13.7. The standard InChI is InChI=1S/C18H26BrF3N2O2Si/c1-23(16(18(20,21)22)13-5-7-14(19)8-6-13)17(25)24-11-9-15(10-12-24)26-27(2,3)4/h5-8,15-16H,9-12H2,1-4H3/t16-/m0/s1. The first kappa shape index (κ1) is 22.2. The number of urea groups is 1. The Morgan fingerprint density at radius 3 is 2.19 bits per heavy atom. The molecule has 1 atom stereocenters. The van der Waals surface area contributed by atoms with E-state index in [0.29, 0.717) is 30.4 Å². The van der Waals surface area contributed by atoms with Gasteiger partial charge in [-0.25, -0.2) is 4.79 Å². The van der Waals surface area contributed by atoms with Crippen molar-refractivity contribution in [3.63, 3.8) is 0 Å². The minimum Gasteiger partial charge on any atom is -0.415 e. The molecule has 0 spiro atoms. The van der Waals surface area contributed by atoms with Crippen LogP contribution in [0.15, 0.2) is 28.7 Å². The molecule has 1 saturated heterocycles. The van der Waals surface area contributed by atoms with Crippen LogP contribution in [-0.2, 0) is 4.43 Å². The van der Waals surface area contributed by atoms with E-state index in [1.807, 2.05) is 0 Å². The number of nitrogens with zero attached hydrogens (tertiary/aromatic N) is 2. The van der Waals surface area contributed by atoms with Crippen LogP contribution in [0.5, 0.6) is 0 Å². The number of hydrogen-bond acceptors (Lipinski definition) is 2. The second-order valence-electron chi connectivity index (χ2n) is 7.81. The molecule has 1 aromatic carbocycles. The van der Waals surface area contributed by atoms with E-state index in [1.54, 1.807) is 12.1 Å². The van der Waals surface area contributed by atoms with E-state index in [0.717, 1.165) is 4.90 Å². The lowest BCUT2D eigenvalue weighted by atomic mass is 10.0. The molecule has 0 bridgehead atoms. The molecule has 4 nitrogen and oxygen atoms in total. The summed E-state index contributed by atoms with van der Waals surface area (Å²) in [5.41, 5.74) is 0.0403.